The van der Waals surface area contributed by atoms with E-state index in [1.165, 1.54) is 0 Å². The maximum Gasteiger partial charge on any atom is 0.186 e. The average Bonchev–Trinajstić information content (AvgIpc) is 2.60. The van der Waals surface area contributed by atoms with Gasteiger partial charge < -0.3 is 0 Å². The Morgan fingerprint density at radius 1 is 1.40 bits per heavy atom. The molecular weight excluding hydrogens is 212 g/mol. The number of halogens is 1. The number of aromatic nitrogens is 1. The number of hydrogen-bond donors (Lipinski definition) is 0. The van der Waals surface area contributed by atoms with Gasteiger partial charge in [-0.2, -0.15) is 5.10 Å². The van der Waals surface area contributed by atoms with Crippen molar-refractivity contribution in [3.63, 3.8) is 0 Å². The summed E-state index contributed by atoms with van der Waals surface area (Å²) < 4.78 is 1.65. The van der Waals surface area contributed by atoms with Gasteiger partial charge in [-0.3, -0.25) is 4.79 Å². The van der Waals surface area contributed by atoms with Gasteiger partial charge >= 0.3 is 0 Å². The molecule has 74 valence electrons. The lowest BCUT2D eigenvalue weighted by molar-refractivity contribution is 0.0990. The van der Waals surface area contributed by atoms with Crippen LogP contribution in [0.2, 0.25) is 5.02 Å². The maximum absolute atomic E-state index is 11.6. The summed E-state index contributed by atoms with van der Waals surface area (Å²) in [6.45, 7) is 0. The van der Waals surface area contributed by atoms with E-state index in [4.69, 9.17) is 11.6 Å². The molecule has 15 heavy (non-hydrogen) atoms. The number of fused-ring (bicyclic) bond motifs is 3. The van der Waals surface area contributed by atoms with Gasteiger partial charge in [-0.1, -0.05) is 17.7 Å². The standard InChI is InChI=1S/C11H7ClN2O/c12-8-2-1-3-9-7(8)6-10-11(15)4-5-13-14(9)10/h1-3,5-6H,4H2. The van der Waals surface area contributed by atoms with E-state index in [-0.39, 0.29) is 5.78 Å². The smallest absolute Gasteiger partial charge is 0.186 e. The highest BCUT2D eigenvalue weighted by Gasteiger charge is 2.18. The summed E-state index contributed by atoms with van der Waals surface area (Å²) in [5.41, 5.74) is 1.49. The molecule has 4 heteroatoms. The summed E-state index contributed by atoms with van der Waals surface area (Å²) in [4.78, 5) is 11.6. The number of carbonyl (C=O) groups is 1. The molecule has 0 amide bonds. The van der Waals surface area contributed by atoms with E-state index in [1.807, 2.05) is 18.2 Å². The van der Waals surface area contributed by atoms with Gasteiger partial charge in [-0.25, -0.2) is 4.68 Å². The molecular formula is C11H7ClN2O. The molecule has 1 aromatic heterocycles. The molecule has 1 aliphatic heterocycles. The van der Waals surface area contributed by atoms with Crippen molar-refractivity contribution in [1.29, 1.82) is 0 Å². The molecule has 0 aliphatic carbocycles. The van der Waals surface area contributed by atoms with Crippen LogP contribution in [-0.4, -0.2) is 16.7 Å². The van der Waals surface area contributed by atoms with E-state index in [0.717, 1.165) is 10.9 Å². The Kier molecular flexibility index (Phi) is 1.70. The minimum absolute atomic E-state index is 0.0808. The van der Waals surface area contributed by atoms with Gasteiger partial charge in [-0.15, -0.1) is 0 Å². The predicted octanol–water partition coefficient (Wildman–Crippen LogP) is 2.72. The second kappa shape index (κ2) is 2.94. The number of hydrogen-bond acceptors (Lipinski definition) is 2. The fourth-order valence-electron chi connectivity index (χ4n) is 1.81. The van der Waals surface area contributed by atoms with Crippen molar-refractivity contribution in [3.8, 4) is 0 Å². The van der Waals surface area contributed by atoms with Crippen LogP contribution in [0.4, 0.5) is 0 Å². The third kappa shape index (κ3) is 1.13. The fourth-order valence-corrected chi connectivity index (χ4v) is 2.04. The van der Waals surface area contributed by atoms with Crippen molar-refractivity contribution in [2.45, 2.75) is 6.42 Å². The van der Waals surface area contributed by atoms with Crippen molar-refractivity contribution in [1.82, 2.24) is 4.68 Å². The van der Waals surface area contributed by atoms with Crippen LogP contribution in [-0.2, 0) is 0 Å². The van der Waals surface area contributed by atoms with E-state index in [1.54, 1.807) is 17.0 Å². The average molecular weight is 219 g/mol. The number of ketones is 1. The third-order valence-electron chi connectivity index (χ3n) is 2.53. The van der Waals surface area contributed by atoms with Crippen LogP contribution >= 0.6 is 11.6 Å². The second-order valence-corrected chi connectivity index (χ2v) is 3.85. The molecule has 0 fully saturated rings. The van der Waals surface area contributed by atoms with E-state index in [2.05, 4.69) is 5.10 Å². The summed E-state index contributed by atoms with van der Waals surface area (Å²) in [5, 5.41) is 5.71. The van der Waals surface area contributed by atoms with Crippen LogP contribution in [0.1, 0.15) is 16.9 Å². The van der Waals surface area contributed by atoms with E-state index in [9.17, 15) is 4.79 Å². The van der Waals surface area contributed by atoms with Crippen molar-refractivity contribution >= 4 is 34.5 Å². The largest absolute Gasteiger partial charge is 0.292 e. The minimum Gasteiger partial charge on any atom is -0.292 e. The molecule has 0 bridgehead atoms. The molecule has 0 saturated heterocycles. The Bertz CT molecular complexity index is 598. The highest BCUT2D eigenvalue weighted by atomic mass is 35.5. The maximum atomic E-state index is 11.6. The lowest BCUT2D eigenvalue weighted by atomic mass is 10.2. The van der Waals surface area contributed by atoms with Crippen LogP contribution in [0, 0.1) is 0 Å². The monoisotopic (exact) mass is 218 g/mol. The van der Waals surface area contributed by atoms with E-state index < -0.39 is 0 Å². The zero-order chi connectivity index (χ0) is 10.4. The van der Waals surface area contributed by atoms with Gasteiger partial charge in [0.1, 0.15) is 5.69 Å². The van der Waals surface area contributed by atoms with Crippen LogP contribution in [0.15, 0.2) is 29.4 Å². The Balaban J connectivity index is 2.46. The van der Waals surface area contributed by atoms with Gasteiger partial charge in [-0.05, 0) is 18.2 Å². The SMILES string of the molecule is O=C1CC=Nn2c1cc1c(Cl)cccc12. The third-order valence-corrected chi connectivity index (χ3v) is 2.86. The lowest BCUT2D eigenvalue weighted by Crippen LogP contribution is -2.11. The van der Waals surface area contributed by atoms with Crippen molar-refractivity contribution in [2.24, 2.45) is 5.10 Å². The van der Waals surface area contributed by atoms with Crippen molar-refractivity contribution < 1.29 is 4.79 Å². The first kappa shape index (κ1) is 8.68. The molecule has 2 heterocycles. The zero-order valence-corrected chi connectivity index (χ0v) is 8.53. The number of Topliss-reactive ketones (excluding diaryl/α,β-unsaturated/α-hetero) is 1. The molecule has 3 rings (SSSR count). The number of carbonyl (C=O) groups excluding carboxylic acids is 1. The predicted molar refractivity (Wildman–Crippen MR) is 59.8 cm³/mol. The fraction of sp³-hybridized carbons (Fsp3) is 0.0909. The number of rotatable bonds is 0. The zero-order valence-electron chi connectivity index (χ0n) is 7.77. The molecule has 0 atom stereocenters. The molecule has 0 radical (unpaired) electrons. The van der Waals surface area contributed by atoms with Crippen LogP contribution < -0.4 is 0 Å². The van der Waals surface area contributed by atoms with Gasteiger partial charge in [0.05, 0.1) is 10.5 Å². The first-order valence-electron chi connectivity index (χ1n) is 4.63. The first-order chi connectivity index (χ1) is 7.27. The topological polar surface area (TPSA) is 34.4 Å². The molecule has 1 aromatic carbocycles. The summed E-state index contributed by atoms with van der Waals surface area (Å²) in [5.74, 6) is 0.0808. The number of benzene rings is 1. The quantitative estimate of drug-likeness (QED) is 0.670. The van der Waals surface area contributed by atoms with Crippen molar-refractivity contribution in [2.75, 3.05) is 0 Å². The van der Waals surface area contributed by atoms with Gasteiger partial charge in [0.15, 0.2) is 5.78 Å². The Morgan fingerprint density at radius 2 is 2.27 bits per heavy atom. The molecule has 1 aliphatic rings. The Labute approximate surface area is 91.0 Å². The van der Waals surface area contributed by atoms with Gasteiger partial charge in [0.2, 0.25) is 0 Å². The molecule has 0 N–H and O–H groups in total. The highest BCUT2D eigenvalue weighted by molar-refractivity contribution is 6.35. The van der Waals surface area contributed by atoms with Gasteiger partial charge in [0, 0.05) is 18.0 Å². The molecule has 0 spiro atoms. The number of nitrogens with zero attached hydrogens (tertiary/aromatic N) is 2. The highest BCUT2D eigenvalue weighted by Crippen LogP contribution is 2.28. The Hall–Kier alpha value is -1.61. The minimum atomic E-state index is 0.0808. The molecule has 0 saturated carbocycles. The summed E-state index contributed by atoms with van der Waals surface area (Å²) in [6, 6.07) is 7.37. The lowest BCUT2D eigenvalue weighted by Gasteiger charge is -2.06. The van der Waals surface area contributed by atoms with E-state index in [0.29, 0.717) is 17.1 Å². The molecule has 0 unspecified atom stereocenters. The molecule has 3 nitrogen and oxygen atoms in total. The summed E-state index contributed by atoms with van der Waals surface area (Å²) in [6.07, 6.45) is 1.99. The van der Waals surface area contributed by atoms with E-state index >= 15 is 0 Å². The van der Waals surface area contributed by atoms with Crippen LogP contribution in [0.25, 0.3) is 10.9 Å². The Morgan fingerprint density at radius 3 is 3.13 bits per heavy atom. The first-order valence-corrected chi connectivity index (χ1v) is 5.01. The normalized spacial score (nSPS) is 14.6. The summed E-state index contributed by atoms with van der Waals surface area (Å²) >= 11 is 6.05. The summed E-state index contributed by atoms with van der Waals surface area (Å²) in [7, 11) is 0. The van der Waals surface area contributed by atoms with Crippen LogP contribution in [0.5, 0.6) is 0 Å². The van der Waals surface area contributed by atoms with Crippen LogP contribution in [0.3, 0.4) is 0 Å². The van der Waals surface area contributed by atoms with Crippen molar-refractivity contribution in [3.05, 3.63) is 35.0 Å². The molecule has 2 aromatic rings. The second-order valence-electron chi connectivity index (χ2n) is 3.44. The van der Waals surface area contributed by atoms with Gasteiger partial charge in [0.25, 0.3) is 0 Å².